The van der Waals surface area contributed by atoms with Crippen LogP contribution in [0.15, 0.2) is 22.9 Å². The highest BCUT2D eigenvalue weighted by Crippen LogP contribution is 2.15. The van der Waals surface area contributed by atoms with Crippen molar-refractivity contribution in [1.82, 2.24) is 15.6 Å². The monoisotopic (exact) mass is 355 g/mol. The van der Waals surface area contributed by atoms with E-state index in [9.17, 15) is 19.5 Å². The van der Waals surface area contributed by atoms with Crippen LogP contribution in [0.1, 0.15) is 18.4 Å². The molecule has 0 aromatic carbocycles. The first-order chi connectivity index (χ1) is 9.97. The maximum Gasteiger partial charge on any atom is 0.326 e. The molecule has 21 heavy (non-hydrogen) atoms. The Morgan fingerprint density at radius 3 is 2.90 bits per heavy atom. The van der Waals surface area contributed by atoms with E-state index < -0.39 is 24.0 Å². The number of pyridine rings is 1. The number of carbonyl (C=O) groups excluding carboxylic acids is 2. The minimum atomic E-state index is -1.14. The molecule has 2 atom stereocenters. The van der Waals surface area contributed by atoms with E-state index in [0.29, 0.717) is 16.6 Å². The molecule has 3 N–H and O–H groups in total. The summed E-state index contributed by atoms with van der Waals surface area (Å²) in [6.45, 7) is 0. The highest BCUT2D eigenvalue weighted by molar-refractivity contribution is 9.10. The molecule has 1 aliphatic rings. The Balaban J connectivity index is 2.03. The van der Waals surface area contributed by atoms with Crippen molar-refractivity contribution in [2.75, 3.05) is 0 Å². The molecule has 2 heterocycles. The Morgan fingerprint density at radius 2 is 2.33 bits per heavy atom. The quantitative estimate of drug-likeness (QED) is 0.655. The average molecular weight is 356 g/mol. The van der Waals surface area contributed by atoms with Gasteiger partial charge in [-0.2, -0.15) is 0 Å². The van der Waals surface area contributed by atoms with Gasteiger partial charge in [0, 0.05) is 19.0 Å². The first-order valence-electron chi connectivity index (χ1n) is 6.39. The Bertz CT molecular complexity index is 578. The number of nitrogens with zero attached hydrogens (tertiary/aromatic N) is 1. The number of halogens is 1. The van der Waals surface area contributed by atoms with E-state index in [0.717, 1.165) is 0 Å². The second-order valence-corrected chi connectivity index (χ2v) is 5.47. The summed E-state index contributed by atoms with van der Waals surface area (Å²) >= 11 is 3.24. The molecular weight excluding hydrogens is 342 g/mol. The standard InChI is InChI=1S/C13H14BrN3O4/c14-11-7(2-1-5-15-11)6-9(13(20)21)17-12(19)8-3-4-10(18)16-8/h1-2,5,8-9H,3-4,6H2,(H,16,18)(H,17,19)(H,20,21)/t8-,9+/m1/s1. The number of carboxylic acid groups (broad SMARTS) is 1. The van der Waals surface area contributed by atoms with Crippen LogP contribution in [0.5, 0.6) is 0 Å². The molecule has 8 heteroatoms. The summed E-state index contributed by atoms with van der Waals surface area (Å²) in [6, 6.07) is 1.70. The van der Waals surface area contributed by atoms with Crippen molar-refractivity contribution in [2.45, 2.75) is 31.3 Å². The molecule has 2 amide bonds. The first kappa shape index (κ1) is 15.4. The third kappa shape index (κ3) is 4.01. The molecule has 0 radical (unpaired) electrons. The number of hydrogen-bond donors (Lipinski definition) is 3. The fourth-order valence-electron chi connectivity index (χ4n) is 2.07. The van der Waals surface area contributed by atoms with Crippen LogP contribution in [0, 0.1) is 0 Å². The lowest BCUT2D eigenvalue weighted by molar-refractivity contribution is -0.142. The average Bonchev–Trinajstić information content (AvgIpc) is 2.87. The van der Waals surface area contributed by atoms with Crippen LogP contribution in [-0.2, 0) is 20.8 Å². The number of carbonyl (C=O) groups is 3. The van der Waals surface area contributed by atoms with Crippen molar-refractivity contribution in [3.8, 4) is 0 Å². The molecule has 1 aromatic rings. The zero-order valence-corrected chi connectivity index (χ0v) is 12.6. The predicted molar refractivity (Wildman–Crippen MR) is 76.4 cm³/mol. The molecule has 1 saturated heterocycles. The molecule has 0 saturated carbocycles. The topological polar surface area (TPSA) is 108 Å². The molecular formula is C13H14BrN3O4. The van der Waals surface area contributed by atoms with E-state index in [1.54, 1.807) is 18.3 Å². The molecule has 0 aliphatic carbocycles. The largest absolute Gasteiger partial charge is 0.480 e. The van der Waals surface area contributed by atoms with Crippen molar-refractivity contribution in [1.29, 1.82) is 0 Å². The van der Waals surface area contributed by atoms with Gasteiger partial charge in [0.15, 0.2) is 0 Å². The normalized spacial score (nSPS) is 18.9. The fraction of sp³-hybridized carbons (Fsp3) is 0.385. The molecule has 2 rings (SSSR count). The highest BCUT2D eigenvalue weighted by atomic mass is 79.9. The van der Waals surface area contributed by atoms with Crippen LogP contribution in [-0.4, -0.2) is 40.0 Å². The lowest BCUT2D eigenvalue weighted by Crippen LogP contribution is -2.49. The number of aromatic nitrogens is 1. The van der Waals surface area contributed by atoms with E-state index in [-0.39, 0.29) is 18.7 Å². The minimum Gasteiger partial charge on any atom is -0.480 e. The zero-order chi connectivity index (χ0) is 15.4. The Morgan fingerprint density at radius 1 is 1.57 bits per heavy atom. The minimum absolute atomic E-state index is 0.107. The third-order valence-corrected chi connectivity index (χ3v) is 3.90. The number of rotatable bonds is 5. The summed E-state index contributed by atoms with van der Waals surface area (Å²) in [6.07, 6.45) is 2.35. The molecule has 112 valence electrons. The van der Waals surface area contributed by atoms with Crippen LogP contribution < -0.4 is 10.6 Å². The van der Waals surface area contributed by atoms with Crippen LogP contribution in [0.2, 0.25) is 0 Å². The van der Waals surface area contributed by atoms with Gasteiger partial charge in [0.25, 0.3) is 0 Å². The Labute approximate surface area is 129 Å². The maximum atomic E-state index is 12.0. The molecule has 1 aromatic heterocycles. The number of carboxylic acids is 1. The molecule has 0 bridgehead atoms. The van der Waals surface area contributed by atoms with Gasteiger partial charge in [-0.15, -0.1) is 0 Å². The van der Waals surface area contributed by atoms with Gasteiger partial charge in [0.1, 0.15) is 16.7 Å². The van der Waals surface area contributed by atoms with E-state index >= 15 is 0 Å². The summed E-state index contributed by atoms with van der Waals surface area (Å²) in [7, 11) is 0. The van der Waals surface area contributed by atoms with Crippen molar-refractivity contribution in [3.63, 3.8) is 0 Å². The van der Waals surface area contributed by atoms with Crippen molar-refractivity contribution in [2.24, 2.45) is 0 Å². The second kappa shape index (κ2) is 6.66. The summed E-state index contributed by atoms with van der Waals surface area (Å²) in [5.74, 6) is -1.81. The molecule has 0 unspecified atom stereocenters. The summed E-state index contributed by atoms with van der Waals surface area (Å²) in [5, 5.41) is 14.2. The summed E-state index contributed by atoms with van der Waals surface area (Å²) < 4.78 is 0.541. The van der Waals surface area contributed by atoms with Gasteiger partial charge in [0.05, 0.1) is 0 Å². The van der Waals surface area contributed by atoms with Gasteiger partial charge in [0.2, 0.25) is 11.8 Å². The number of amides is 2. The number of aliphatic carboxylic acids is 1. The van der Waals surface area contributed by atoms with Crippen LogP contribution in [0.4, 0.5) is 0 Å². The first-order valence-corrected chi connectivity index (χ1v) is 7.18. The van der Waals surface area contributed by atoms with Crippen molar-refractivity contribution in [3.05, 3.63) is 28.5 Å². The van der Waals surface area contributed by atoms with Crippen LogP contribution in [0.25, 0.3) is 0 Å². The lowest BCUT2D eigenvalue weighted by Gasteiger charge is -2.17. The summed E-state index contributed by atoms with van der Waals surface area (Å²) in [5.41, 5.74) is 0.681. The van der Waals surface area contributed by atoms with Gasteiger partial charge in [-0.25, -0.2) is 9.78 Å². The van der Waals surface area contributed by atoms with Crippen LogP contribution in [0.3, 0.4) is 0 Å². The van der Waals surface area contributed by atoms with Crippen LogP contribution >= 0.6 is 15.9 Å². The van der Waals surface area contributed by atoms with E-state index in [1.807, 2.05) is 0 Å². The smallest absolute Gasteiger partial charge is 0.326 e. The SMILES string of the molecule is O=C1CC[C@H](C(=O)N[C@@H](Cc2cccnc2Br)C(=O)O)N1. The van der Waals surface area contributed by atoms with Crippen molar-refractivity contribution >= 4 is 33.7 Å². The van der Waals surface area contributed by atoms with Gasteiger partial charge in [-0.1, -0.05) is 6.07 Å². The predicted octanol–water partition coefficient (Wildman–Crippen LogP) is 0.235. The fourth-order valence-corrected chi connectivity index (χ4v) is 2.49. The second-order valence-electron chi connectivity index (χ2n) is 4.72. The number of hydrogen-bond acceptors (Lipinski definition) is 4. The van der Waals surface area contributed by atoms with Gasteiger partial charge >= 0.3 is 5.97 Å². The van der Waals surface area contributed by atoms with Gasteiger partial charge in [-0.3, -0.25) is 9.59 Å². The van der Waals surface area contributed by atoms with Gasteiger partial charge in [-0.05, 0) is 34.0 Å². The maximum absolute atomic E-state index is 12.0. The molecule has 7 nitrogen and oxygen atoms in total. The van der Waals surface area contributed by atoms with E-state index in [1.165, 1.54) is 0 Å². The summed E-state index contributed by atoms with van der Waals surface area (Å²) in [4.78, 5) is 38.4. The number of nitrogens with one attached hydrogen (secondary N) is 2. The molecule has 1 fully saturated rings. The Kier molecular flexibility index (Phi) is 4.89. The Hall–Kier alpha value is -1.96. The molecule has 0 spiro atoms. The molecule has 1 aliphatic heterocycles. The van der Waals surface area contributed by atoms with E-state index in [2.05, 4.69) is 31.5 Å². The third-order valence-electron chi connectivity index (χ3n) is 3.19. The van der Waals surface area contributed by atoms with Gasteiger partial charge < -0.3 is 15.7 Å². The highest BCUT2D eigenvalue weighted by Gasteiger charge is 2.30. The van der Waals surface area contributed by atoms with E-state index in [4.69, 9.17) is 0 Å². The van der Waals surface area contributed by atoms with Crippen molar-refractivity contribution < 1.29 is 19.5 Å². The lowest BCUT2D eigenvalue weighted by atomic mass is 10.1. The zero-order valence-electron chi connectivity index (χ0n) is 11.0.